The minimum atomic E-state index is 0.129. The average Bonchev–Trinajstić information content (AvgIpc) is 3.01. The van der Waals surface area contributed by atoms with Crippen LogP contribution in [0.4, 0.5) is 0 Å². The van der Waals surface area contributed by atoms with Crippen LogP contribution in [0.5, 0.6) is 11.5 Å². The van der Waals surface area contributed by atoms with Crippen LogP contribution in [0.15, 0.2) is 36.4 Å². The third-order valence-electron chi connectivity index (χ3n) is 4.13. The number of benzene rings is 2. The van der Waals surface area contributed by atoms with Crippen molar-refractivity contribution in [3.8, 4) is 11.5 Å². The Morgan fingerprint density at radius 1 is 0.952 bits per heavy atom. The van der Waals surface area contributed by atoms with Gasteiger partial charge in [0.25, 0.3) is 0 Å². The van der Waals surface area contributed by atoms with Crippen LogP contribution < -0.4 is 9.47 Å². The molecule has 0 heterocycles. The number of hydrogen-bond donors (Lipinski definition) is 0. The summed E-state index contributed by atoms with van der Waals surface area (Å²) in [6, 6.07) is 12.8. The van der Waals surface area contributed by atoms with Crippen LogP contribution in [-0.4, -0.2) is 14.2 Å². The van der Waals surface area contributed by atoms with Gasteiger partial charge in [0.1, 0.15) is 11.5 Å². The van der Waals surface area contributed by atoms with E-state index in [0.717, 1.165) is 17.1 Å². The summed E-state index contributed by atoms with van der Waals surface area (Å²) in [5.41, 5.74) is 5.39. The maximum absolute atomic E-state index is 5.51. The Morgan fingerprint density at radius 3 is 2.52 bits per heavy atom. The van der Waals surface area contributed by atoms with E-state index in [4.69, 9.17) is 9.47 Å². The average molecular weight is 347 g/mol. The zero-order valence-electron chi connectivity index (χ0n) is 12.4. The molecule has 1 aliphatic carbocycles. The predicted molar refractivity (Wildman–Crippen MR) is 88.8 cm³/mol. The van der Waals surface area contributed by atoms with Gasteiger partial charge in [-0.1, -0.05) is 40.2 Å². The Hall–Kier alpha value is -1.48. The summed E-state index contributed by atoms with van der Waals surface area (Å²) < 4.78 is 10.8. The van der Waals surface area contributed by atoms with E-state index in [0.29, 0.717) is 0 Å². The summed E-state index contributed by atoms with van der Waals surface area (Å²) in [4.78, 5) is 0.129. The first-order valence-corrected chi connectivity index (χ1v) is 8.12. The largest absolute Gasteiger partial charge is 0.497 e. The molecular weight excluding hydrogens is 328 g/mol. The van der Waals surface area contributed by atoms with Gasteiger partial charge in [0, 0.05) is 11.6 Å². The van der Waals surface area contributed by atoms with E-state index in [-0.39, 0.29) is 4.83 Å². The van der Waals surface area contributed by atoms with Crippen molar-refractivity contribution in [3.05, 3.63) is 58.7 Å². The molecule has 1 atom stereocenters. The summed E-state index contributed by atoms with van der Waals surface area (Å²) >= 11 is 3.82. The summed E-state index contributed by atoms with van der Waals surface area (Å²) in [6.45, 7) is 0. The monoisotopic (exact) mass is 346 g/mol. The van der Waals surface area contributed by atoms with Crippen molar-refractivity contribution in [2.45, 2.75) is 24.1 Å². The molecule has 21 heavy (non-hydrogen) atoms. The summed E-state index contributed by atoms with van der Waals surface area (Å²) in [7, 11) is 3.36. The van der Waals surface area contributed by atoms with Crippen molar-refractivity contribution < 1.29 is 9.47 Å². The Balaban J connectivity index is 1.96. The first-order chi connectivity index (χ1) is 10.2. The lowest BCUT2D eigenvalue weighted by atomic mass is 9.99. The molecule has 1 unspecified atom stereocenters. The number of fused-ring (bicyclic) bond motifs is 1. The van der Waals surface area contributed by atoms with Crippen LogP contribution >= 0.6 is 15.9 Å². The van der Waals surface area contributed by atoms with E-state index in [1.54, 1.807) is 14.2 Å². The second-order valence-electron chi connectivity index (χ2n) is 5.35. The molecule has 0 bridgehead atoms. The number of rotatable bonds is 4. The molecule has 0 fully saturated rings. The van der Waals surface area contributed by atoms with Gasteiger partial charge in [0.2, 0.25) is 0 Å². The number of alkyl halides is 1. The molecule has 0 radical (unpaired) electrons. The molecule has 0 saturated heterocycles. The zero-order chi connectivity index (χ0) is 14.8. The molecule has 110 valence electrons. The lowest BCUT2D eigenvalue weighted by molar-refractivity contribution is 0.391. The van der Waals surface area contributed by atoms with Gasteiger partial charge in [-0.3, -0.25) is 0 Å². The van der Waals surface area contributed by atoms with E-state index < -0.39 is 0 Å². The lowest BCUT2D eigenvalue weighted by Crippen LogP contribution is -1.99. The third kappa shape index (κ3) is 2.80. The lowest BCUT2D eigenvalue weighted by Gasteiger charge is -2.16. The molecular formula is C18H19BrO2. The van der Waals surface area contributed by atoms with Gasteiger partial charge in [-0.25, -0.2) is 0 Å². The van der Waals surface area contributed by atoms with Crippen molar-refractivity contribution in [2.24, 2.45) is 0 Å². The van der Waals surface area contributed by atoms with Crippen molar-refractivity contribution in [2.75, 3.05) is 14.2 Å². The van der Waals surface area contributed by atoms with Crippen molar-refractivity contribution >= 4 is 15.9 Å². The van der Waals surface area contributed by atoms with Crippen LogP contribution in [0.1, 0.15) is 33.5 Å². The van der Waals surface area contributed by atoms with Crippen molar-refractivity contribution in [1.29, 1.82) is 0 Å². The van der Waals surface area contributed by atoms with Gasteiger partial charge in [-0.2, -0.15) is 0 Å². The standard InChI is InChI=1S/C18H19BrO2/c1-20-15-8-9-16(17(11-15)21-2)18(19)14-7-6-12-4-3-5-13(12)10-14/h6-11,18H,3-5H2,1-2H3. The fraction of sp³-hybridized carbons (Fsp3) is 0.333. The van der Waals surface area contributed by atoms with E-state index in [9.17, 15) is 0 Å². The molecule has 2 nitrogen and oxygen atoms in total. The van der Waals surface area contributed by atoms with Gasteiger partial charge in [-0.05, 0) is 42.0 Å². The molecule has 0 amide bonds. The SMILES string of the molecule is COc1ccc(C(Br)c2ccc3c(c2)CCC3)c(OC)c1. The van der Waals surface area contributed by atoms with Crippen LogP contribution in [0.25, 0.3) is 0 Å². The van der Waals surface area contributed by atoms with Gasteiger partial charge in [-0.15, -0.1) is 0 Å². The molecule has 2 aromatic carbocycles. The predicted octanol–water partition coefficient (Wildman–Crippen LogP) is 4.68. The minimum absolute atomic E-state index is 0.129. The molecule has 2 aromatic rings. The zero-order valence-corrected chi connectivity index (χ0v) is 13.9. The van der Waals surface area contributed by atoms with E-state index in [1.807, 2.05) is 12.1 Å². The van der Waals surface area contributed by atoms with Crippen molar-refractivity contribution in [1.82, 2.24) is 0 Å². The molecule has 3 heteroatoms. The third-order valence-corrected chi connectivity index (χ3v) is 5.15. The Morgan fingerprint density at radius 2 is 1.76 bits per heavy atom. The smallest absolute Gasteiger partial charge is 0.127 e. The number of hydrogen-bond acceptors (Lipinski definition) is 2. The van der Waals surface area contributed by atoms with E-state index in [1.165, 1.54) is 36.0 Å². The normalized spacial score (nSPS) is 14.6. The van der Waals surface area contributed by atoms with Crippen LogP contribution in [0.3, 0.4) is 0 Å². The molecule has 0 aromatic heterocycles. The highest BCUT2D eigenvalue weighted by Crippen LogP contribution is 2.39. The van der Waals surface area contributed by atoms with Crippen LogP contribution in [-0.2, 0) is 12.8 Å². The number of aryl methyl sites for hydroxylation is 2. The molecule has 0 N–H and O–H groups in total. The Kier molecular flexibility index (Phi) is 4.20. The van der Waals surface area contributed by atoms with Crippen molar-refractivity contribution in [3.63, 3.8) is 0 Å². The maximum Gasteiger partial charge on any atom is 0.127 e. The van der Waals surface area contributed by atoms with Gasteiger partial charge < -0.3 is 9.47 Å². The van der Waals surface area contributed by atoms with E-state index in [2.05, 4.69) is 40.2 Å². The summed E-state index contributed by atoms with van der Waals surface area (Å²) in [6.07, 6.45) is 3.69. The summed E-state index contributed by atoms with van der Waals surface area (Å²) in [5.74, 6) is 1.65. The Labute approximate surface area is 134 Å². The quantitative estimate of drug-likeness (QED) is 0.748. The topological polar surface area (TPSA) is 18.5 Å². The first-order valence-electron chi connectivity index (χ1n) is 7.20. The molecule has 1 aliphatic rings. The first kappa shape index (κ1) is 14.5. The molecule has 0 saturated carbocycles. The summed E-state index contributed by atoms with van der Waals surface area (Å²) in [5, 5.41) is 0. The number of methoxy groups -OCH3 is 2. The van der Waals surface area contributed by atoms with Gasteiger partial charge in [0.05, 0.1) is 19.0 Å². The van der Waals surface area contributed by atoms with Crippen LogP contribution in [0, 0.1) is 0 Å². The second-order valence-corrected chi connectivity index (χ2v) is 6.27. The highest BCUT2D eigenvalue weighted by atomic mass is 79.9. The number of halogens is 1. The molecule has 0 spiro atoms. The van der Waals surface area contributed by atoms with Gasteiger partial charge >= 0.3 is 0 Å². The molecule has 0 aliphatic heterocycles. The fourth-order valence-electron chi connectivity index (χ4n) is 2.96. The minimum Gasteiger partial charge on any atom is -0.497 e. The second kappa shape index (κ2) is 6.10. The van der Waals surface area contributed by atoms with Gasteiger partial charge in [0.15, 0.2) is 0 Å². The van der Waals surface area contributed by atoms with Crippen LogP contribution in [0.2, 0.25) is 0 Å². The molecule has 3 rings (SSSR count). The Bertz CT molecular complexity index is 652. The highest BCUT2D eigenvalue weighted by Gasteiger charge is 2.18. The van der Waals surface area contributed by atoms with E-state index >= 15 is 0 Å². The number of ether oxygens (including phenoxy) is 2. The maximum atomic E-state index is 5.51. The fourth-order valence-corrected chi connectivity index (χ4v) is 3.62. The highest BCUT2D eigenvalue weighted by molar-refractivity contribution is 9.09.